The maximum absolute atomic E-state index is 12.3. The molecule has 1 aliphatic heterocycles. The maximum atomic E-state index is 12.3. The van der Waals surface area contributed by atoms with Crippen LogP contribution in [0.2, 0.25) is 0 Å². The van der Waals surface area contributed by atoms with Gasteiger partial charge in [-0.2, -0.15) is 0 Å². The van der Waals surface area contributed by atoms with Gasteiger partial charge in [-0.3, -0.25) is 9.80 Å². The lowest BCUT2D eigenvalue weighted by Gasteiger charge is -2.31. The van der Waals surface area contributed by atoms with Gasteiger partial charge in [-0.25, -0.2) is 9.80 Å². The van der Waals surface area contributed by atoms with Gasteiger partial charge in [-0.15, -0.1) is 0 Å². The highest BCUT2D eigenvalue weighted by molar-refractivity contribution is 5.87. The number of aromatic carboxylic acids is 1. The van der Waals surface area contributed by atoms with E-state index in [2.05, 4.69) is 11.9 Å². The topological polar surface area (TPSA) is 81.1 Å². The number of aliphatic hydroxyl groups is 1. The van der Waals surface area contributed by atoms with Gasteiger partial charge in [0.05, 0.1) is 11.2 Å². The van der Waals surface area contributed by atoms with E-state index >= 15 is 0 Å². The molecule has 1 aromatic rings. The molecule has 2 rings (SSSR count). The Morgan fingerprint density at radius 3 is 2.39 bits per heavy atom. The largest absolute Gasteiger partial charge is 0.478 e. The van der Waals surface area contributed by atoms with Gasteiger partial charge in [0.25, 0.3) is 0 Å². The van der Waals surface area contributed by atoms with Crippen LogP contribution in [-0.4, -0.2) is 57.3 Å². The highest BCUT2D eigenvalue weighted by Crippen LogP contribution is 2.25. The van der Waals surface area contributed by atoms with Gasteiger partial charge in [0, 0.05) is 26.1 Å². The fourth-order valence-electron chi connectivity index (χ4n) is 3.75. The number of benzene rings is 1. The Kier molecular flexibility index (Phi) is 8.45. The normalized spacial score (nSPS) is 17.1. The Bertz CT molecular complexity index is 646. The Balaban J connectivity index is 1.84. The van der Waals surface area contributed by atoms with E-state index in [1.807, 2.05) is 24.1 Å². The van der Waals surface area contributed by atoms with Crippen LogP contribution in [0.3, 0.4) is 0 Å². The zero-order valence-corrected chi connectivity index (χ0v) is 17.2. The molecule has 1 saturated heterocycles. The Morgan fingerprint density at radius 2 is 1.79 bits per heavy atom. The number of hydrogen-bond donors (Lipinski definition) is 2. The molecule has 1 unspecified atom stereocenters. The average Bonchev–Trinajstić information content (AvgIpc) is 3.04. The molecular weight excluding hydrogens is 356 g/mol. The van der Waals surface area contributed by atoms with Gasteiger partial charge >= 0.3 is 5.97 Å². The van der Waals surface area contributed by atoms with Crippen LogP contribution in [0.1, 0.15) is 74.7 Å². The van der Waals surface area contributed by atoms with Crippen molar-refractivity contribution in [1.29, 1.82) is 0 Å². The van der Waals surface area contributed by atoms with Crippen molar-refractivity contribution in [3.8, 4) is 0 Å². The van der Waals surface area contributed by atoms with Crippen LogP contribution in [-0.2, 0) is 11.2 Å². The summed E-state index contributed by atoms with van der Waals surface area (Å²) >= 11 is 0. The highest BCUT2D eigenvalue weighted by atomic mass is 16.4. The molecule has 0 bridgehead atoms. The number of amides is 1. The molecular formula is C22H34N2O4. The second-order valence-corrected chi connectivity index (χ2v) is 7.76. The summed E-state index contributed by atoms with van der Waals surface area (Å²) in [4.78, 5) is 23.2. The lowest BCUT2D eigenvalue weighted by molar-refractivity contribution is -0.138. The number of carbonyl (C=O) groups is 2. The minimum Gasteiger partial charge on any atom is -0.478 e. The van der Waals surface area contributed by atoms with Crippen molar-refractivity contribution in [3.63, 3.8) is 0 Å². The summed E-state index contributed by atoms with van der Waals surface area (Å²) in [5.74, 6) is -0.794. The summed E-state index contributed by atoms with van der Waals surface area (Å²) in [6, 6.07) is 6.82. The van der Waals surface area contributed by atoms with E-state index in [0.717, 1.165) is 57.2 Å². The maximum Gasteiger partial charge on any atom is 0.335 e. The highest BCUT2D eigenvalue weighted by Gasteiger charge is 2.29. The smallest absolute Gasteiger partial charge is 0.335 e. The van der Waals surface area contributed by atoms with Crippen molar-refractivity contribution in [1.82, 2.24) is 10.0 Å². The molecule has 28 heavy (non-hydrogen) atoms. The molecule has 0 radical (unpaired) electrons. The van der Waals surface area contributed by atoms with Crippen molar-refractivity contribution < 1.29 is 19.8 Å². The molecule has 0 aromatic heterocycles. The number of hydrazine groups is 1. The lowest BCUT2D eigenvalue weighted by Crippen LogP contribution is -2.41. The van der Waals surface area contributed by atoms with Gasteiger partial charge in [-0.05, 0) is 49.8 Å². The minimum atomic E-state index is -0.932. The molecule has 1 aliphatic rings. The number of hydrogen-bond acceptors (Lipinski definition) is 4. The Morgan fingerprint density at radius 1 is 1.11 bits per heavy atom. The number of carboxylic acid groups (broad SMARTS) is 1. The van der Waals surface area contributed by atoms with E-state index in [1.165, 1.54) is 0 Å². The fourth-order valence-corrected chi connectivity index (χ4v) is 3.75. The predicted molar refractivity (Wildman–Crippen MR) is 109 cm³/mol. The first kappa shape index (κ1) is 22.4. The van der Waals surface area contributed by atoms with Gasteiger partial charge in [-0.1, -0.05) is 38.8 Å². The summed E-state index contributed by atoms with van der Waals surface area (Å²) in [7, 11) is 0. The quantitative estimate of drug-likeness (QED) is 0.571. The summed E-state index contributed by atoms with van der Waals surface area (Å²) < 4.78 is 0. The van der Waals surface area contributed by atoms with E-state index in [9.17, 15) is 14.7 Å². The van der Waals surface area contributed by atoms with Crippen LogP contribution in [0.25, 0.3) is 0 Å². The van der Waals surface area contributed by atoms with Crippen LogP contribution >= 0.6 is 0 Å². The molecule has 1 amide bonds. The standard InChI is InChI=1S/C22H34N2O4/c1-3-5-13-22(28,4-2)14-6-15-23-16-12-20(25)24(23)17-11-18-7-9-19(10-8-18)21(26)27/h7-10,28H,3-6,11-17H2,1-2H3,(H,26,27). The molecule has 1 heterocycles. The van der Waals surface area contributed by atoms with Gasteiger partial charge < -0.3 is 10.2 Å². The summed E-state index contributed by atoms with van der Waals surface area (Å²) in [6.45, 7) is 6.28. The van der Waals surface area contributed by atoms with Crippen LogP contribution in [0, 0.1) is 0 Å². The number of nitrogens with zero attached hydrogens (tertiary/aromatic N) is 2. The third-order valence-electron chi connectivity index (χ3n) is 5.74. The minimum absolute atomic E-state index is 0.138. The van der Waals surface area contributed by atoms with Crippen LogP contribution in [0.5, 0.6) is 0 Å². The summed E-state index contributed by atoms with van der Waals surface area (Å²) in [5.41, 5.74) is 0.704. The molecule has 0 spiro atoms. The molecule has 1 fully saturated rings. The molecule has 6 nitrogen and oxygen atoms in total. The number of carbonyl (C=O) groups excluding carboxylic acids is 1. The lowest BCUT2D eigenvalue weighted by atomic mass is 9.89. The zero-order chi connectivity index (χ0) is 20.6. The van der Waals surface area contributed by atoms with Crippen LogP contribution < -0.4 is 0 Å². The summed E-state index contributed by atoms with van der Waals surface area (Å²) in [5, 5.41) is 23.6. The van der Waals surface area contributed by atoms with Gasteiger partial charge in [0.1, 0.15) is 0 Å². The summed E-state index contributed by atoms with van der Waals surface area (Å²) in [6.07, 6.45) is 6.59. The Hall–Kier alpha value is -1.92. The second kappa shape index (κ2) is 10.6. The van der Waals surface area contributed by atoms with Crippen LogP contribution in [0.15, 0.2) is 24.3 Å². The van der Waals surface area contributed by atoms with Crippen LogP contribution in [0.4, 0.5) is 0 Å². The molecule has 156 valence electrons. The third-order valence-corrected chi connectivity index (χ3v) is 5.74. The number of rotatable bonds is 12. The molecule has 1 aromatic carbocycles. The van der Waals surface area contributed by atoms with Crippen molar-refractivity contribution >= 4 is 11.9 Å². The Labute approximate surface area is 168 Å². The van der Waals surface area contributed by atoms with E-state index in [-0.39, 0.29) is 11.5 Å². The van der Waals surface area contributed by atoms with Crippen molar-refractivity contribution in [2.75, 3.05) is 19.6 Å². The monoisotopic (exact) mass is 390 g/mol. The SMILES string of the molecule is CCCCC(O)(CC)CCCN1CCC(=O)N1CCc1ccc(C(=O)O)cc1. The van der Waals surface area contributed by atoms with Gasteiger partial charge in [0.15, 0.2) is 0 Å². The first-order chi connectivity index (χ1) is 13.4. The van der Waals surface area contributed by atoms with E-state index in [0.29, 0.717) is 19.4 Å². The first-order valence-electron chi connectivity index (χ1n) is 10.5. The van der Waals surface area contributed by atoms with E-state index in [1.54, 1.807) is 12.1 Å². The predicted octanol–water partition coefficient (Wildman–Crippen LogP) is 3.49. The molecule has 2 N–H and O–H groups in total. The molecule has 0 aliphatic carbocycles. The zero-order valence-electron chi connectivity index (χ0n) is 17.2. The molecule has 0 saturated carbocycles. The van der Waals surface area contributed by atoms with E-state index in [4.69, 9.17) is 5.11 Å². The van der Waals surface area contributed by atoms with Crippen molar-refractivity contribution in [2.45, 2.75) is 70.8 Å². The van der Waals surface area contributed by atoms with E-state index < -0.39 is 11.6 Å². The molecule has 6 heteroatoms. The third kappa shape index (κ3) is 6.31. The second-order valence-electron chi connectivity index (χ2n) is 7.76. The number of carboxylic acids is 1. The fraction of sp³-hybridized carbons (Fsp3) is 0.636. The number of unbranched alkanes of at least 4 members (excludes halogenated alkanes) is 1. The average molecular weight is 391 g/mol. The van der Waals surface area contributed by atoms with Gasteiger partial charge in [0.2, 0.25) is 5.91 Å². The molecule has 1 atom stereocenters. The van der Waals surface area contributed by atoms with Crippen molar-refractivity contribution in [3.05, 3.63) is 35.4 Å². The first-order valence-corrected chi connectivity index (χ1v) is 10.5. The van der Waals surface area contributed by atoms with Crippen molar-refractivity contribution in [2.24, 2.45) is 0 Å².